The summed E-state index contributed by atoms with van der Waals surface area (Å²) < 4.78 is 27.3. The molecule has 2 aromatic carbocycles. The molecular weight excluding hydrogens is 530 g/mol. The third-order valence-corrected chi connectivity index (χ3v) is 7.57. The Morgan fingerprint density at radius 1 is 1.03 bits per heavy atom. The van der Waals surface area contributed by atoms with Gasteiger partial charge in [0.05, 0.1) is 11.9 Å². The second-order valence-corrected chi connectivity index (χ2v) is 12.0. The number of amides is 2. The van der Waals surface area contributed by atoms with E-state index in [0.717, 1.165) is 32.6 Å². The monoisotopic (exact) mass is 565 g/mol. The quantitative estimate of drug-likeness (QED) is 0.429. The minimum absolute atomic E-state index is 0.0419. The predicted molar refractivity (Wildman–Crippen MR) is 145 cm³/mol. The van der Waals surface area contributed by atoms with Crippen LogP contribution in [0, 0.1) is 0 Å². The van der Waals surface area contributed by atoms with Crippen LogP contribution in [-0.2, 0) is 26.2 Å². The van der Waals surface area contributed by atoms with Crippen LogP contribution in [-0.4, -0.2) is 50.0 Å². The van der Waals surface area contributed by atoms with Crippen molar-refractivity contribution in [3.8, 4) is 0 Å². The number of benzene rings is 2. The maximum absolute atomic E-state index is 13.6. The summed E-state index contributed by atoms with van der Waals surface area (Å²) in [6.07, 6.45) is 1.83. The minimum atomic E-state index is -3.75. The molecule has 0 aliphatic carbocycles. The zero-order valence-electron chi connectivity index (χ0n) is 21.3. The maximum atomic E-state index is 13.6. The van der Waals surface area contributed by atoms with E-state index in [-0.39, 0.29) is 18.5 Å². The second-order valence-electron chi connectivity index (χ2n) is 9.16. The number of anilines is 1. The molecule has 0 bridgehead atoms. The number of hydrogen-bond donors (Lipinski definition) is 1. The van der Waals surface area contributed by atoms with E-state index in [2.05, 4.69) is 35.1 Å². The van der Waals surface area contributed by atoms with Gasteiger partial charge in [-0.3, -0.25) is 13.9 Å². The normalized spacial score (nSPS) is 13.3. The average molecular weight is 567 g/mol. The van der Waals surface area contributed by atoms with Crippen molar-refractivity contribution in [1.29, 1.82) is 0 Å². The Kier molecular flexibility index (Phi) is 10.3. The summed E-state index contributed by atoms with van der Waals surface area (Å²) in [7, 11) is -3.75. The van der Waals surface area contributed by atoms with Gasteiger partial charge in [-0.2, -0.15) is 0 Å². The Morgan fingerprint density at radius 2 is 1.66 bits per heavy atom. The fourth-order valence-electron chi connectivity index (χ4n) is 3.52. The molecule has 0 aliphatic rings. The summed E-state index contributed by atoms with van der Waals surface area (Å²) in [5.74, 6) is -0.451. The Balaban J connectivity index is 2.38. The van der Waals surface area contributed by atoms with Crippen molar-refractivity contribution >= 4 is 43.5 Å². The van der Waals surface area contributed by atoms with Crippen LogP contribution in [0.1, 0.15) is 58.1 Å². The molecule has 2 amide bonds. The first-order valence-corrected chi connectivity index (χ1v) is 14.4. The van der Waals surface area contributed by atoms with Crippen LogP contribution in [0.4, 0.5) is 5.69 Å². The Morgan fingerprint density at radius 3 is 2.17 bits per heavy atom. The molecular formula is C26H36BrN3O4S. The maximum Gasteiger partial charge on any atom is 0.244 e. The SMILES string of the molecule is CCC(C)NC(=O)C(C)N(Cc1cccc(Br)c1)C(=O)CN(c1ccc(C(C)C)cc1)S(C)(=O)=O. The van der Waals surface area contributed by atoms with Crippen molar-refractivity contribution in [3.63, 3.8) is 0 Å². The molecule has 0 radical (unpaired) electrons. The summed E-state index contributed by atoms with van der Waals surface area (Å²) in [5.41, 5.74) is 2.30. The smallest absolute Gasteiger partial charge is 0.244 e. The average Bonchev–Trinajstić information content (AvgIpc) is 2.79. The number of hydrogen-bond acceptors (Lipinski definition) is 4. The van der Waals surface area contributed by atoms with E-state index in [9.17, 15) is 18.0 Å². The van der Waals surface area contributed by atoms with Gasteiger partial charge in [0.1, 0.15) is 12.6 Å². The largest absolute Gasteiger partial charge is 0.352 e. The number of nitrogens with zero attached hydrogens (tertiary/aromatic N) is 2. The number of sulfonamides is 1. The summed E-state index contributed by atoms with van der Waals surface area (Å²) in [5, 5.41) is 2.92. The molecule has 7 nitrogen and oxygen atoms in total. The van der Waals surface area contributed by atoms with Gasteiger partial charge in [0.2, 0.25) is 21.8 Å². The van der Waals surface area contributed by atoms with Crippen LogP contribution in [0.3, 0.4) is 0 Å². The molecule has 0 aliphatic heterocycles. The van der Waals surface area contributed by atoms with Gasteiger partial charge in [0, 0.05) is 17.1 Å². The van der Waals surface area contributed by atoms with E-state index < -0.39 is 28.5 Å². The van der Waals surface area contributed by atoms with Crippen molar-refractivity contribution in [2.75, 3.05) is 17.1 Å². The highest BCUT2D eigenvalue weighted by atomic mass is 79.9. The van der Waals surface area contributed by atoms with Crippen LogP contribution in [0.5, 0.6) is 0 Å². The van der Waals surface area contributed by atoms with Crippen molar-refractivity contribution in [3.05, 3.63) is 64.1 Å². The molecule has 0 heterocycles. The third-order valence-electron chi connectivity index (χ3n) is 5.94. The summed E-state index contributed by atoms with van der Waals surface area (Å²) in [6.45, 7) is 9.39. The fraction of sp³-hybridized carbons (Fsp3) is 0.462. The molecule has 2 aromatic rings. The number of rotatable bonds is 11. The minimum Gasteiger partial charge on any atom is -0.352 e. The van der Waals surface area contributed by atoms with Crippen LogP contribution in [0.2, 0.25) is 0 Å². The molecule has 2 rings (SSSR count). The molecule has 0 saturated heterocycles. The van der Waals surface area contributed by atoms with Gasteiger partial charge in [-0.05, 0) is 61.6 Å². The van der Waals surface area contributed by atoms with Crippen molar-refractivity contribution in [2.24, 2.45) is 0 Å². The summed E-state index contributed by atoms with van der Waals surface area (Å²) in [6, 6.07) is 13.8. The van der Waals surface area contributed by atoms with E-state index >= 15 is 0 Å². The van der Waals surface area contributed by atoms with Gasteiger partial charge < -0.3 is 10.2 Å². The van der Waals surface area contributed by atoms with Gasteiger partial charge in [-0.15, -0.1) is 0 Å². The van der Waals surface area contributed by atoms with E-state index in [1.54, 1.807) is 19.1 Å². The van der Waals surface area contributed by atoms with Gasteiger partial charge in [0.15, 0.2) is 0 Å². The molecule has 2 atom stereocenters. The lowest BCUT2D eigenvalue weighted by molar-refractivity contribution is -0.139. The molecule has 9 heteroatoms. The molecule has 2 unspecified atom stereocenters. The Hall–Kier alpha value is -2.39. The number of nitrogens with one attached hydrogen (secondary N) is 1. The lowest BCUT2D eigenvalue weighted by Crippen LogP contribution is -2.52. The molecule has 0 fully saturated rings. The number of carbonyl (C=O) groups is 2. The van der Waals surface area contributed by atoms with Crippen LogP contribution < -0.4 is 9.62 Å². The highest BCUT2D eigenvalue weighted by Gasteiger charge is 2.30. The number of carbonyl (C=O) groups excluding carboxylic acids is 2. The molecule has 0 spiro atoms. The number of halogens is 1. The van der Waals surface area contributed by atoms with E-state index in [1.165, 1.54) is 4.90 Å². The van der Waals surface area contributed by atoms with Gasteiger partial charge in [-0.1, -0.05) is 61.0 Å². The van der Waals surface area contributed by atoms with Crippen LogP contribution in [0.15, 0.2) is 53.0 Å². The zero-order valence-corrected chi connectivity index (χ0v) is 23.7. The first-order valence-electron chi connectivity index (χ1n) is 11.7. The van der Waals surface area contributed by atoms with Crippen LogP contribution >= 0.6 is 15.9 Å². The highest BCUT2D eigenvalue weighted by Crippen LogP contribution is 2.23. The van der Waals surface area contributed by atoms with E-state index in [0.29, 0.717) is 11.6 Å². The van der Waals surface area contributed by atoms with Gasteiger partial charge in [0.25, 0.3) is 0 Å². The Labute approximate surface area is 218 Å². The van der Waals surface area contributed by atoms with Crippen molar-refractivity contribution in [1.82, 2.24) is 10.2 Å². The van der Waals surface area contributed by atoms with Crippen molar-refractivity contribution < 1.29 is 18.0 Å². The third kappa shape index (κ3) is 8.35. The lowest BCUT2D eigenvalue weighted by Gasteiger charge is -2.32. The topological polar surface area (TPSA) is 86.8 Å². The highest BCUT2D eigenvalue weighted by molar-refractivity contribution is 9.10. The molecule has 0 saturated carbocycles. The first-order chi connectivity index (χ1) is 16.3. The first kappa shape index (κ1) is 28.8. The fourth-order valence-corrected chi connectivity index (χ4v) is 4.82. The molecule has 0 aromatic heterocycles. The van der Waals surface area contributed by atoms with Gasteiger partial charge >= 0.3 is 0 Å². The molecule has 192 valence electrons. The Bertz CT molecular complexity index is 1120. The van der Waals surface area contributed by atoms with E-state index in [1.807, 2.05) is 50.2 Å². The van der Waals surface area contributed by atoms with E-state index in [4.69, 9.17) is 0 Å². The lowest BCUT2D eigenvalue weighted by atomic mass is 10.0. The molecule has 1 N–H and O–H groups in total. The summed E-state index contributed by atoms with van der Waals surface area (Å²) >= 11 is 3.44. The standard InChI is InChI=1S/C26H36BrN3O4S/c1-7-19(4)28-26(32)20(5)29(16-21-9-8-10-23(27)15-21)25(31)17-30(35(6,33)34)24-13-11-22(12-14-24)18(2)3/h8-15,18-20H,7,16-17H2,1-6H3,(H,28,32). The molecule has 35 heavy (non-hydrogen) atoms. The zero-order chi connectivity index (χ0) is 26.3. The van der Waals surface area contributed by atoms with Crippen LogP contribution in [0.25, 0.3) is 0 Å². The second kappa shape index (κ2) is 12.5. The summed E-state index contributed by atoms with van der Waals surface area (Å²) in [4.78, 5) is 27.9. The van der Waals surface area contributed by atoms with Gasteiger partial charge in [-0.25, -0.2) is 8.42 Å². The predicted octanol–water partition coefficient (Wildman–Crippen LogP) is 4.67. The van der Waals surface area contributed by atoms with Crippen molar-refractivity contribution in [2.45, 2.75) is 65.6 Å².